The van der Waals surface area contributed by atoms with Crippen LogP contribution in [-0.2, 0) is 17.9 Å². The maximum absolute atomic E-state index is 13.7. The molecule has 0 bridgehead atoms. The second-order valence-electron chi connectivity index (χ2n) is 8.82. The predicted octanol–water partition coefficient (Wildman–Crippen LogP) is 7.71. The number of hydrogen-bond acceptors (Lipinski definition) is 6. The van der Waals surface area contributed by atoms with Gasteiger partial charge in [-0.05, 0) is 71.9 Å². The Hall–Kier alpha value is -4.32. The molecule has 0 atom stereocenters. The number of carbonyl (C=O) groups excluding carboxylic acids is 1. The fraction of sp³-hybridized carbons (Fsp3) is 0.0938. The molecule has 1 aliphatic rings. The van der Waals surface area contributed by atoms with E-state index in [1.807, 2.05) is 97.1 Å². The van der Waals surface area contributed by atoms with E-state index in [1.165, 1.54) is 11.8 Å². The molecule has 5 rings (SSSR count). The SMILES string of the molecule is COc1ccc(CN2C(=O)/C(=C/c3cc(Br)ccc3OCc3ccccc3C#N)SC2=Nc2ccccc2)cc1. The first-order valence-electron chi connectivity index (χ1n) is 12.4. The second-order valence-corrected chi connectivity index (χ2v) is 10.7. The molecule has 0 aliphatic carbocycles. The van der Waals surface area contributed by atoms with Gasteiger partial charge in [-0.1, -0.05) is 64.5 Å². The first-order chi connectivity index (χ1) is 19.5. The minimum Gasteiger partial charge on any atom is -0.497 e. The number of methoxy groups -OCH3 is 1. The summed E-state index contributed by atoms with van der Waals surface area (Å²) in [6, 6.07) is 32.4. The van der Waals surface area contributed by atoms with Crippen LogP contribution in [0.1, 0.15) is 22.3 Å². The Labute approximate surface area is 245 Å². The largest absolute Gasteiger partial charge is 0.497 e. The van der Waals surface area contributed by atoms with Crippen molar-refractivity contribution in [2.45, 2.75) is 13.2 Å². The molecule has 1 aliphatic heterocycles. The lowest BCUT2D eigenvalue weighted by Gasteiger charge is -2.16. The highest BCUT2D eigenvalue weighted by molar-refractivity contribution is 9.10. The normalized spacial score (nSPS) is 14.9. The number of aliphatic imine (C=N–C) groups is 1. The van der Waals surface area contributed by atoms with Crippen molar-refractivity contribution in [1.29, 1.82) is 5.26 Å². The van der Waals surface area contributed by atoms with Gasteiger partial charge >= 0.3 is 0 Å². The Balaban J connectivity index is 1.46. The maximum atomic E-state index is 13.7. The lowest BCUT2D eigenvalue weighted by atomic mass is 10.1. The fourth-order valence-electron chi connectivity index (χ4n) is 4.07. The first kappa shape index (κ1) is 27.3. The first-order valence-corrected chi connectivity index (χ1v) is 14.0. The molecule has 0 radical (unpaired) electrons. The summed E-state index contributed by atoms with van der Waals surface area (Å²) in [5.74, 6) is 1.22. The summed E-state index contributed by atoms with van der Waals surface area (Å²) in [6.45, 7) is 0.596. The van der Waals surface area contributed by atoms with Crippen LogP contribution in [0.25, 0.3) is 6.08 Å². The number of ether oxygens (including phenoxy) is 2. The summed E-state index contributed by atoms with van der Waals surface area (Å²) in [4.78, 5) is 20.8. The number of para-hydroxylation sites is 1. The van der Waals surface area contributed by atoms with E-state index in [-0.39, 0.29) is 12.5 Å². The van der Waals surface area contributed by atoms with Crippen LogP contribution in [-0.4, -0.2) is 23.1 Å². The molecule has 1 amide bonds. The lowest BCUT2D eigenvalue weighted by molar-refractivity contribution is -0.122. The van der Waals surface area contributed by atoms with Gasteiger partial charge in [-0.25, -0.2) is 4.99 Å². The number of thioether (sulfide) groups is 1. The van der Waals surface area contributed by atoms with Gasteiger partial charge < -0.3 is 9.47 Å². The summed E-state index contributed by atoms with van der Waals surface area (Å²) in [5, 5.41) is 10.0. The van der Waals surface area contributed by atoms with Crippen molar-refractivity contribution in [2.75, 3.05) is 7.11 Å². The van der Waals surface area contributed by atoms with Gasteiger partial charge in [0, 0.05) is 15.6 Å². The van der Waals surface area contributed by atoms with Gasteiger partial charge in [0.15, 0.2) is 5.17 Å². The van der Waals surface area contributed by atoms with Crippen LogP contribution in [0.2, 0.25) is 0 Å². The van der Waals surface area contributed by atoms with Gasteiger partial charge in [-0.3, -0.25) is 9.69 Å². The zero-order valence-electron chi connectivity index (χ0n) is 21.6. The molecule has 0 aromatic heterocycles. The van der Waals surface area contributed by atoms with Gasteiger partial charge in [-0.15, -0.1) is 0 Å². The quantitative estimate of drug-likeness (QED) is 0.191. The topological polar surface area (TPSA) is 74.9 Å². The van der Waals surface area contributed by atoms with E-state index in [9.17, 15) is 10.1 Å². The van der Waals surface area contributed by atoms with Crippen LogP contribution in [0.3, 0.4) is 0 Å². The standard InChI is InChI=1S/C32H24BrN3O3S/c1-38-28-14-11-22(12-15-28)20-36-31(37)30(40-32(36)35-27-9-3-2-4-10-27)18-25-17-26(33)13-16-29(25)39-21-24-8-6-5-7-23(24)19-34/h2-18H,20-21H2,1H3/b30-18-,35-32?. The number of nitrogens with zero attached hydrogens (tertiary/aromatic N) is 3. The smallest absolute Gasteiger partial charge is 0.267 e. The molecule has 0 saturated carbocycles. The molecular weight excluding hydrogens is 586 g/mol. The third-order valence-electron chi connectivity index (χ3n) is 6.15. The number of nitriles is 1. The minimum absolute atomic E-state index is 0.142. The lowest BCUT2D eigenvalue weighted by Crippen LogP contribution is -2.28. The molecule has 0 spiro atoms. The van der Waals surface area contributed by atoms with E-state index in [1.54, 1.807) is 18.1 Å². The van der Waals surface area contributed by atoms with Crippen LogP contribution < -0.4 is 9.47 Å². The number of carbonyl (C=O) groups is 1. The number of amides is 1. The van der Waals surface area contributed by atoms with Crippen molar-refractivity contribution in [2.24, 2.45) is 4.99 Å². The predicted molar refractivity (Wildman–Crippen MR) is 162 cm³/mol. The van der Waals surface area contributed by atoms with Crippen molar-refractivity contribution in [3.8, 4) is 17.6 Å². The molecule has 6 nitrogen and oxygen atoms in total. The number of rotatable bonds is 8. The van der Waals surface area contributed by atoms with Gasteiger partial charge in [0.25, 0.3) is 5.91 Å². The summed E-state index contributed by atoms with van der Waals surface area (Å²) in [6.07, 6.45) is 1.83. The third-order valence-corrected chi connectivity index (χ3v) is 7.65. The van der Waals surface area contributed by atoms with Gasteiger partial charge in [0.2, 0.25) is 0 Å². The third kappa shape index (κ3) is 6.45. The molecule has 0 N–H and O–H groups in total. The average Bonchev–Trinajstić information content (AvgIpc) is 3.26. The van der Waals surface area contributed by atoms with E-state index in [4.69, 9.17) is 14.5 Å². The molecule has 4 aromatic carbocycles. The van der Waals surface area contributed by atoms with Crippen LogP contribution in [0.15, 0.2) is 111 Å². The minimum atomic E-state index is -0.142. The molecule has 4 aromatic rings. The Bertz CT molecular complexity index is 1630. The van der Waals surface area contributed by atoms with Crippen molar-refractivity contribution >= 4 is 50.5 Å². The van der Waals surface area contributed by atoms with E-state index in [0.717, 1.165) is 32.6 Å². The van der Waals surface area contributed by atoms with E-state index >= 15 is 0 Å². The molecule has 40 heavy (non-hydrogen) atoms. The molecular formula is C32H24BrN3O3S. The Morgan fingerprint density at radius 1 is 1.00 bits per heavy atom. The van der Waals surface area contributed by atoms with Crippen LogP contribution >= 0.6 is 27.7 Å². The van der Waals surface area contributed by atoms with E-state index in [0.29, 0.717) is 27.9 Å². The van der Waals surface area contributed by atoms with E-state index in [2.05, 4.69) is 22.0 Å². The summed E-state index contributed by atoms with van der Waals surface area (Å²) >= 11 is 4.87. The van der Waals surface area contributed by atoms with Gasteiger partial charge in [-0.2, -0.15) is 5.26 Å². The summed E-state index contributed by atoms with van der Waals surface area (Å²) in [5.41, 5.74) is 3.82. The van der Waals surface area contributed by atoms with Crippen molar-refractivity contribution < 1.29 is 14.3 Å². The molecule has 1 heterocycles. The molecule has 198 valence electrons. The zero-order valence-corrected chi connectivity index (χ0v) is 24.0. The number of benzene rings is 4. The van der Waals surface area contributed by atoms with Crippen molar-refractivity contribution in [3.05, 3.63) is 129 Å². The number of hydrogen-bond donors (Lipinski definition) is 0. The maximum Gasteiger partial charge on any atom is 0.267 e. The molecule has 1 fully saturated rings. The zero-order chi connectivity index (χ0) is 27.9. The van der Waals surface area contributed by atoms with Gasteiger partial charge in [0.1, 0.15) is 18.1 Å². The molecule has 8 heteroatoms. The monoisotopic (exact) mass is 609 g/mol. The number of halogens is 1. The summed E-state index contributed by atoms with van der Waals surface area (Å²) < 4.78 is 12.3. The highest BCUT2D eigenvalue weighted by atomic mass is 79.9. The Morgan fingerprint density at radius 2 is 1.75 bits per heavy atom. The average molecular weight is 611 g/mol. The summed E-state index contributed by atoms with van der Waals surface area (Å²) in [7, 11) is 1.62. The highest BCUT2D eigenvalue weighted by Crippen LogP contribution is 2.37. The fourth-order valence-corrected chi connectivity index (χ4v) is 5.44. The van der Waals surface area contributed by atoms with Crippen LogP contribution in [0, 0.1) is 11.3 Å². The number of amidine groups is 1. The Kier molecular flexibility index (Phi) is 8.65. The van der Waals surface area contributed by atoms with E-state index < -0.39 is 0 Å². The Morgan fingerprint density at radius 3 is 2.50 bits per heavy atom. The van der Waals surface area contributed by atoms with Crippen molar-refractivity contribution in [1.82, 2.24) is 4.90 Å². The van der Waals surface area contributed by atoms with Crippen LogP contribution in [0.5, 0.6) is 11.5 Å². The van der Waals surface area contributed by atoms with Gasteiger partial charge in [0.05, 0.1) is 35.9 Å². The molecule has 0 unspecified atom stereocenters. The van der Waals surface area contributed by atoms with Crippen molar-refractivity contribution in [3.63, 3.8) is 0 Å². The highest BCUT2D eigenvalue weighted by Gasteiger charge is 2.33. The molecule has 1 saturated heterocycles. The second kappa shape index (κ2) is 12.7. The van der Waals surface area contributed by atoms with Crippen LogP contribution in [0.4, 0.5) is 5.69 Å².